The SMILES string of the molecule is COc1c(O)ccc2c1-c1ccc3c(c1/C(=C/c1ccccc1/C=N/O)O2)C(C)=CC(C)(C)N3. The molecule has 3 aromatic rings. The van der Waals surface area contributed by atoms with E-state index in [1.54, 1.807) is 19.2 Å². The highest BCUT2D eigenvalue weighted by Crippen LogP contribution is 2.54. The summed E-state index contributed by atoms with van der Waals surface area (Å²) in [5.74, 6) is 1.67. The van der Waals surface area contributed by atoms with E-state index in [1.807, 2.05) is 36.4 Å². The van der Waals surface area contributed by atoms with Crippen molar-refractivity contribution < 1.29 is 19.8 Å². The number of methoxy groups -OCH3 is 1. The number of phenols is 1. The first-order valence-corrected chi connectivity index (χ1v) is 11.0. The predicted octanol–water partition coefficient (Wildman–Crippen LogP) is 6.37. The predicted molar refractivity (Wildman–Crippen MR) is 136 cm³/mol. The van der Waals surface area contributed by atoms with Crippen LogP contribution in [-0.4, -0.2) is 29.2 Å². The molecule has 0 bridgehead atoms. The zero-order chi connectivity index (χ0) is 24.0. The molecule has 3 aromatic carbocycles. The number of oxime groups is 1. The standard InChI is InChI=1S/C28H26N2O4/c1-16-14-28(2,3)30-20-10-9-19-25(24(16)20)23(13-17-7-5-6-8-18(17)15-29-32)34-22-12-11-21(31)27(33-4)26(19)22/h5-15,30-32H,1-4H3/b23-13-,29-15+. The molecule has 3 N–H and O–H groups in total. The Morgan fingerprint density at radius 1 is 1.00 bits per heavy atom. The summed E-state index contributed by atoms with van der Waals surface area (Å²) >= 11 is 0. The molecule has 2 aliphatic rings. The number of hydrogen-bond donors (Lipinski definition) is 3. The fourth-order valence-electron chi connectivity index (χ4n) is 4.91. The summed E-state index contributed by atoms with van der Waals surface area (Å²) in [7, 11) is 1.54. The molecule has 0 amide bonds. The van der Waals surface area contributed by atoms with Gasteiger partial charge in [-0.25, -0.2) is 0 Å². The summed E-state index contributed by atoms with van der Waals surface area (Å²) in [6, 6.07) is 15.0. The van der Waals surface area contributed by atoms with Crippen LogP contribution in [0.1, 0.15) is 43.0 Å². The van der Waals surface area contributed by atoms with Crippen molar-refractivity contribution in [2.45, 2.75) is 26.3 Å². The molecular formula is C28H26N2O4. The Labute approximate surface area is 198 Å². The van der Waals surface area contributed by atoms with Gasteiger partial charge in [0.25, 0.3) is 0 Å². The number of nitrogens with one attached hydrogen (secondary N) is 1. The average molecular weight is 455 g/mol. The van der Waals surface area contributed by atoms with Gasteiger partial charge >= 0.3 is 0 Å². The number of allylic oxidation sites excluding steroid dienone is 1. The first-order chi connectivity index (χ1) is 16.3. The van der Waals surface area contributed by atoms with Crippen LogP contribution in [0.3, 0.4) is 0 Å². The van der Waals surface area contributed by atoms with Crippen molar-refractivity contribution in [3.63, 3.8) is 0 Å². The van der Waals surface area contributed by atoms with Crippen molar-refractivity contribution in [2.24, 2.45) is 5.16 Å². The number of aromatic hydroxyl groups is 1. The minimum atomic E-state index is -0.192. The maximum atomic E-state index is 10.5. The number of ether oxygens (including phenoxy) is 2. The summed E-state index contributed by atoms with van der Waals surface area (Å²) in [6.45, 7) is 6.36. The van der Waals surface area contributed by atoms with Crippen molar-refractivity contribution in [1.29, 1.82) is 0 Å². The summed E-state index contributed by atoms with van der Waals surface area (Å²) in [5.41, 5.74) is 7.09. The topological polar surface area (TPSA) is 83.3 Å². The van der Waals surface area contributed by atoms with Crippen molar-refractivity contribution in [1.82, 2.24) is 0 Å². The normalized spacial score (nSPS) is 16.7. The molecule has 0 unspecified atom stereocenters. The van der Waals surface area contributed by atoms with Crippen LogP contribution in [0.4, 0.5) is 5.69 Å². The minimum Gasteiger partial charge on any atom is -0.504 e. The third kappa shape index (κ3) is 3.48. The molecule has 0 saturated carbocycles. The highest BCUT2D eigenvalue weighted by molar-refractivity contribution is 6.03. The third-order valence-corrected chi connectivity index (χ3v) is 6.15. The van der Waals surface area contributed by atoms with Crippen LogP contribution in [0.2, 0.25) is 0 Å². The Bertz CT molecular complexity index is 1400. The van der Waals surface area contributed by atoms with Crippen molar-refractivity contribution in [3.8, 4) is 28.4 Å². The number of phenolic OH excluding ortho intramolecular Hbond substituents is 1. The molecule has 0 aromatic heterocycles. The molecule has 0 radical (unpaired) electrons. The van der Waals surface area contributed by atoms with Crippen LogP contribution in [0, 0.1) is 0 Å². The molecule has 6 heteroatoms. The van der Waals surface area contributed by atoms with Crippen molar-refractivity contribution >= 4 is 29.3 Å². The first kappa shape index (κ1) is 21.6. The van der Waals surface area contributed by atoms with Gasteiger partial charge in [-0.2, -0.15) is 0 Å². The molecule has 0 atom stereocenters. The molecule has 34 heavy (non-hydrogen) atoms. The fraction of sp³-hybridized carbons (Fsp3) is 0.179. The minimum absolute atomic E-state index is 0.0528. The van der Waals surface area contributed by atoms with Crippen molar-refractivity contribution in [2.75, 3.05) is 12.4 Å². The molecule has 0 saturated heterocycles. The van der Waals surface area contributed by atoms with Gasteiger partial charge in [0, 0.05) is 27.9 Å². The molecule has 0 spiro atoms. The van der Waals surface area contributed by atoms with E-state index in [4.69, 9.17) is 14.7 Å². The van der Waals surface area contributed by atoms with Crippen LogP contribution in [0.15, 0.2) is 59.8 Å². The van der Waals surface area contributed by atoms with E-state index in [9.17, 15) is 5.11 Å². The van der Waals surface area contributed by atoms with Gasteiger partial charge in [-0.3, -0.25) is 0 Å². The fourth-order valence-corrected chi connectivity index (χ4v) is 4.91. The Balaban J connectivity index is 1.84. The molecule has 2 heterocycles. The first-order valence-electron chi connectivity index (χ1n) is 11.0. The summed E-state index contributed by atoms with van der Waals surface area (Å²) in [5, 5.41) is 26.4. The quantitative estimate of drug-likeness (QED) is 0.243. The van der Waals surface area contributed by atoms with E-state index in [2.05, 4.69) is 43.4 Å². The van der Waals surface area contributed by atoms with E-state index in [0.717, 1.165) is 39.1 Å². The van der Waals surface area contributed by atoms with Crippen LogP contribution in [-0.2, 0) is 0 Å². The van der Waals surface area contributed by atoms with Gasteiger partial charge in [0.05, 0.1) is 24.4 Å². The maximum absolute atomic E-state index is 10.5. The number of rotatable bonds is 3. The largest absolute Gasteiger partial charge is 0.504 e. The second kappa shape index (κ2) is 7.99. The number of benzene rings is 3. The highest BCUT2D eigenvalue weighted by Gasteiger charge is 2.33. The third-order valence-electron chi connectivity index (χ3n) is 6.15. The van der Waals surface area contributed by atoms with E-state index in [0.29, 0.717) is 22.8 Å². The number of anilines is 1. The molecule has 5 rings (SSSR count). The monoisotopic (exact) mass is 454 g/mol. The lowest BCUT2D eigenvalue weighted by atomic mass is 9.82. The Kier molecular flexibility index (Phi) is 5.09. The number of nitrogens with zero attached hydrogens (tertiary/aromatic N) is 1. The Hall–Kier alpha value is -4.19. The molecule has 0 fully saturated rings. The number of fused-ring (bicyclic) bond motifs is 5. The van der Waals surface area contributed by atoms with Gasteiger partial charge in [-0.05, 0) is 56.2 Å². The van der Waals surface area contributed by atoms with Crippen LogP contribution in [0.25, 0.3) is 28.5 Å². The summed E-state index contributed by atoms with van der Waals surface area (Å²) < 4.78 is 12.1. The van der Waals surface area contributed by atoms with Gasteiger partial charge in [0.15, 0.2) is 11.5 Å². The van der Waals surface area contributed by atoms with E-state index in [1.165, 1.54) is 6.21 Å². The molecule has 2 aliphatic heterocycles. The molecule has 0 aliphatic carbocycles. The lowest BCUT2D eigenvalue weighted by Crippen LogP contribution is -2.32. The van der Waals surface area contributed by atoms with Crippen LogP contribution < -0.4 is 14.8 Å². The van der Waals surface area contributed by atoms with Crippen LogP contribution >= 0.6 is 0 Å². The van der Waals surface area contributed by atoms with Gasteiger partial charge in [-0.15, -0.1) is 0 Å². The Morgan fingerprint density at radius 3 is 2.50 bits per heavy atom. The lowest BCUT2D eigenvalue weighted by Gasteiger charge is -2.35. The zero-order valence-corrected chi connectivity index (χ0v) is 19.5. The average Bonchev–Trinajstić information content (AvgIpc) is 2.79. The summed E-state index contributed by atoms with van der Waals surface area (Å²) in [4.78, 5) is 0. The van der Waals surface area contributed by atoms with E-state index in [-0.39, 0.29) is 11.3 Å². The van der Waals surface area contributed by atoms with E-state index < -0.39 is 0 Å². The van der Waals surface area contributed by atoms with Gasteiger partial charge in [0.1, 0.15) is 11.5 Å². The highest BCUT2D eigenvalue weighted by atomic mass is 16.5. The van der Waals surface area contributed by atoms with Gasteiger partial charge in [-0.1, -0.05) is 41.6 Å². The second-order valence-corrected chi connectivity index (χ2v) is 9.06. The number of hydrogen-bond acceptors (Lipinski definition) is 6. The van der Waals surface area contributed by atoms with Crippen molar-refractivity contribution in [3.05, 3.63) is 76.9 Å². The van der Waals surface area contributed by atoms with E-state index >= 15 is 0 Å². The summed E-state index contributed by atoms with van der Waals surface area (Å²) in [6.07, 6.45) is 5.56. The molecular weight excluding hydrogens is 428 g/mol. The maximum Gasteiger partial charge on any atom is 0.172 e. The molecule has 6 nitrogen and oxygen atoms in total. The second-order valence-electron chi connectivity index (χ2n) is 9.06. The zero-order valence-electron chi connectivity index (χ0n) is 19.5. The molecule has 172 valence electrons. The van der Waals surface area contributed by atoms with Crippen LogP contribution in [0.5, 0.6) is 17.2 Å². The van der Waals surface area contributed by atoms with Gasteiger partial charge < -0.3 is 25.1 Å². The smallest absolute Gasteiger partial charge is 0.172 e. The van der Waals surface area contributed by atoms with Gasteiger partial charge in [0.2, 0.25) is 0 Å². The lowest BCUT2D eigenvalue weighted by molar-refractivity contribution is 0.322. The Morgan fingerprint density at radius 2 is 1.76 bits per heavy atom.